The van der Waals surface area contributed by atoms with Crippen LogP contribution in [0.15, 0.2) is 18.2 Å². The van der Waals surface area contributed by atoms with E-state index in [1.165, 1.54) is 5.56 Å². The van der Waals surface area contributed by atoms with Gasteiger partial charge in [0.15, 0.2) is 6.61 Å². The fourth-order valence-electron chi connectivity index (χ4n) is 1.83. The van der Waals surface area contributed by atoms with Gasteiger partial charge in [-0.1, -0.05) is 31.5 Å². The third-order valence-corrected chi connectivity index (χ3v) is 3.44. The molecule has 1 rings (SSSR count). The second-order valence-electron chi connectivity index (χ2n) is 6.03. The zero-order chi connectivity index (χ0) is 16.0. The lowest BCUT2D eigenvalue weighted by atomic mass is 10.1. The first-order chi connectivity index (χ1) is 9.81. The molecule has 118 valence electrons. The normalized spacial score (nSPS) is 11.0. The zero-order valence-electron chi connectivity index (χ0n) is 14.1. The summed E-state index contributed by atoms with van der Waals surface area (Å²) in [4.78, 5) is 13.7. The molecule has 0 spiro atoms. The highest BCUT2D eigenvalue weighted by Crippen LogP contribution is 2.20. The third kappa shape index (κ3) is 5.76. The summed E-state index contributed by atoms with van der Waals surface area (Å²) in [6.07, 6.45) is 0. The predicted octanol–water partition coefficient (Wildman–Crippen LogP) is 2.74. The lowest BCUT2D eigenvalue weighted by Gasteiger charge is -2.22. The highest BCUT2D eigenvalue weighted by Gasteiger charge is 2.13. The van der Waals surface area contributed by atoms with Gasteiger partial charge in [-0.25, -0.2) is 0 Å². The highest BCUT2D eigenvalue weighted by molar-refractivity contribution is 5.77. The van der Waals surface area contributed by atoms with Gasteiger partial charge in [0.1, 0.15) is 5.75 Å². The first kappa shape index (κ1) is 17.5. The Bertz CT molecular complexity index is 470. The Balaban J connectivity index is 2.71. The zero-order valence-corrected chi connectivity index (χ0v) is 14.1. The van der Waals surface area contributed by atoms with E-state index in [1.54, 1.807) is 11.9 Å². The van der Waals surface area contributed by atoms with Crippen LogP contribution >= 0.6 is 0 Å². The van der Waals surface area contributed by atoms with E-state index in [0.717, 1.165) is 17.9 Å². The van der Waals surface area contributed by atoms with Gasteiger partial charge in [-0.3, -0.25) is 4.79 Å². The summed E-state index contributed by atoms with van der Waals surface area (Å²) in [6.45, 7) is 11.1. The van der Waals surface area contributed by atoms with Gasteiger partial charge in [0.2, 0.25) is 0 Å². The molecule has 1 aromatic carbocycles. The predicted molar refractivity (Wildman–Crippen MR) is 86.6 cm³/mol. The Morgan fingerprint density at radius 2 is 1.95 bits per heavy atom. The van der Waals surface area contributed by atoms with Crippen LogP contribution in [0.1, 0.15) is 38.8 Å². The van der Waals surface area contributed by atoms with Gasteiger partial charge in [0, 0.05) is 31.2 Å². The van der Waals surface area contributed by atoms with Crippen LogP contribution in [0.5, 0.6) is 5.75 Å². The Labute approximate surface area is 128 Å². The van der Waals surface area contributed by atoms with Crippen molar-refractivity contribution in [3.05, 3.63) is 29.3 Å². The molecule has 0 saturated heterocycles. The second-order valence-corrected chi connectivity index (χ2v) is 6.03. The molecule has 1 N–H and O–H groups in total. The van der Waals surface area contributed by atoms with Crippen LogP contribution in [0.3, 0.4) is 0 Å². The smallest absolute Gasteiger partial charge is 0.260 e. The summed E-state index contributed by atoms with van der Waals surface area (Å²) in [6, 6.07) is 6.63. The topological polar surface area (TPSA) is 41.6 Å². The Morgan fingerprint density at radius 1 is 1.29 bits per heavy atom. The SMILES string of the molecule is Cc1ccc(OCC(=O)N(C)C(C)C)c(CNC(C)C)c1. The quantitative estimate of drug-likeness (QED) is 0.840. The maximum absolute atomic E-state index is 12.0. The van der Waals surface area contributed by atoms with Crippen LogP contribution in [-0.2, 0) is 11.3 Å². The minimum Gasteiger partial charge on any atom is -0.483 e. The lowest BCUT2D eigenvalue weighted by Crippen LogP contribution is -2.36. The Morgan fingerprint density at radius 3 is 2.52 bits per heavy atom. The van der Waals surface area contributed by atoms with Crippen molar-refractivity contribution in [3.8, 4) is 5.75 Å². The average molecular weight is 292 g/mol. The number of amides is 1. The van der Waals surface area contributed by atoms with E-state index < -0.39 is 0 Å². The molecule has 0 aliphatic rings. The molecule has 0 aliphatic heterocycles. The molecule has 4 nitrogen and oxygen atoms in total. The van der Waals surface area contributed by atoms with Gasteiger partial charge in [0.25, 0.3) is 5.91 Å². The first-order valence-electron chi connectivity index (χ1n) is 7.52. The van der Waals surface area contributed by atoms with Crippen molar-refractivity contribution < 1.29 is 9.53 Å². The van der Waals surface area contributed by atoms with Crippen LogP contribution in [0.25, 0.3) is 0 Å². The Kier molecular flexibility index (Phi) is 6.69. The van der Waals surface area contributed by atoms with Crippen molar-refractivity contribution in [2.75, 3.05) is 13.7 Å². The molecule has 0 atom stereocenters. The molecule has 0 heterocycles. The summed E-state index contributed by atoms with van der Waals surface area (Å²) in [5, 5.41) is 3.38. The average Bonchev–Trinajstić information content (AvgIpc) is 2.42. The first-order valence-corrected chi connectivity index (χ1v) is 7.52. The molecular formula is C17H28N2O2. The van der Waals surface area contributed by atoms with Gasteiger partial charge < -0.3 is 15.0 Å². The van der Waals surface area contributed by atoms with Crippen LogP contribution < -0.4 is 10.1 Å². The highest BCUT2D eigenvalue weighted by atomic mass is 16.5. The molecule has 0 bridgehead atoms. The number of benzene rings is 1. The molecular weight excluding hydrogens is 264 g/mol. The van der Waals surface area contributed by atoms with Crippen LogP contribution in [-0.4, -0.2) is 36.5 Å². The maximum Gasteiger partial charge on any atom is 0.260 e. The van der Waals surface area contributed by atoms with E-state index in [2.05, 4.69) is 32.2 Å². The molecule has 0 saturated carbocycles. The summed E-state index contributed by atoms with van der Waals surface area (Å²) >= 11 is 0. The van der Waals surface area contributed by atoms with Crippen molar-refractivity contribution in [1.29, 1.82) is 0 Å². The minimum absolute atomic E-state index is 0.00616. The number of carbonyl (C=O) groups is 1. The maximum atomic E-state index is 12.0. The van der Waals surface area contributed by atoms with E-state index in [0.29, 0.717) is 6.04 Å². The van der Waals surface area contributed by atoms with Gasteiger partial charge in [-0.05, 0) is 26.8 Å². The number of ether oxygens (including phenoxy) is 1. The Hall–Kier alpha value is -1.55. The summed E-state index contributed by atoms with van der Waals surface area (Å²) in [7, 11) is 1.80. The largest absolute Gasteiger partial charge is 0.483 e. The number of nitrogens with zero attached hydrogens (tertiary/aromatic N) is 1. The number of carbonyl (C=O) groups excluding carboxylic acids is 1. The van der Waals surface area contributed by atoms with Gasteiger partial charge in [-0.2, -0.15) is 0 Å². The number of nitrogens with one attached hydrogen (secondary N) is 1. The van der Waals surface area contributed by atoms with E-state index in [-0.39, 0.29) is 18.6 Å². The van der Waals surface area contributed by atoms with E-state index >= 15 is 0 Å². The molecule has 0 aromatic heterocycles. The summed E-state index contributed by atoms with van der Waals surface area (Å²) in [5.41, 5.74) is 2.28. The molecule has 1 amide bonds. The van der Waals surface area contributed by atoms with Crippen molar-refractivity contribution in [1.82, 2.24) is 10.2 Å². The molecule has 0 fully saturated rings. The number of rotatable bonds is 7. The lowest BCUT2D eigenvalue weighted by molar-refractivity contribution is -0.133. The fraction of sp³-hybridized carbons (Fsp3) is 0.588. The molecule has 0 aliphatic carbocycles. The summed E-state index contributed by atoms with van der Waals surface area (Å²) < 4.78 is 5.73. The van der Waals surface area contributed by atoms with Crippen LogP contribution in [0.2, 0.25) is 0 Å². The van der Waals surface area contributed by atoms with Crippen LogP contribution in [0.4, 0.5) is 0 Å². The summed E-state index contributed by atoms with van der Waals surface area (Å²) in [5.74, 6) is 0.771. The molecule has 0 radical (unpaired) electrons. The van der Waals surface area contributed by atoms with Crippen molar-refractivity contribution >= 4 is 5.91 Å². The monoisotopic (exact) mass is 292 g/mol. The fourth-order valence-corrected chi connectivity index (χ4v) is 1.83. The van der Waals surface area contributed by atoms with Crippen molar-refractivity contribution in [2.45, 2.75) is 53.2 Å². The van der Waals surface area contributed by atoms with Crippen LogP contribution in [0, 0.1) is 6.92 Å². The number of aryl methyl sites for hydroxylation is 1. The van der Waals surface area contributed by atoms with Gasteiger partial charge in [0.05, 0.1) is 0 Å². The van der Waals surface area contributed by atoms with E-state index in [4.69, 9.17) is 4.74 Å². The number of hydrogen-bond acceptors (Lipinski definition) is 3. The van der Waals surface area contributed by atoms with Gasteiger partial charge in [-0.15, -0.1) is 0 Å². The second kappa shape index (κ2) is 8.03. The standard InChI is InChI=1S/C17H28N2O2/c1-12(2)18-10-15-9-14(5)7-8-16(15)21-11-17(20)19(6)13(3)4/h7-9,12-13,18H,10-11H2,1-6H3. The molecule has 1 aromatic rings. The number of hydrogen-bond donors (Lipinski definition) is 1. The number of likely N-dealkylation sites (N-methyl/N-ethyl adjacent to an activating group) is 1. The minimum atomic E-state index is -0.00616. The van der Waals surface area contributed by atoms with E-state index in [1.807, 2.05) is 26.0 Å². The molecule has 21 heavy (non-hydrogen) atoms. The van der Waals surface area contributed by atoms with Crippen molar-refractivity contribution in [3.63, 3.8) is 0 Å². The molecule has 4 heteroatoms. The van der Waals surface area contributed by atoms with Gasteiger partial charge >= 0.3 is 0 Å². The molecule has 0 unspecified atom stereocenters. The third-order valence-electron chi connectivity index (χ3n) is 3.44. The van der Waals surface area contributed by atoms with E-state index in [9.17, 15) is 4.79 Å². The van der Waals surface area contributed by atoms with Crippen molar-refractivity contribution in [2.24, 2.45) is 0 Å².